The highest BCUT2D eigenvalue weighted by molar-refractivity contribution is 6.09. The van der Waals surface area contributed by atoms with Gasteiger partial charge in [0.2, 0.25) is 0 Å². The van der Waals surface area contributed by atoms with Crippen molar-refractivity contribution in [3.8, 4) is 67.5 Å². The zero-order valence-electron chi connectivity index (χ0n) is 28.6. The normalized spacial score (nSPS) is 11.4. The highest BCUT2D eigenvalue weighted by Gasteiger charge is 2.19. The smallest absolute Gasteiger partial charge is 0.167 e. The molecule has 0 spiro atoms. The van der Waals surface area contributed by atoms with E-state index in [9.17, 15) is 0 Å². The maximum Gasteiger partial charge on any atom is 0.167 e. The minimum Gasteiger partial charge on any atom is -0.455 e. The van der Waals surface area contributed by atoms with Gasteiger partial charge in [-0.2, -0.15) is 0 Å². The molecule has 10 rings (SSSR count). The van der Waals surface area contributed by atoms with E-state index < -0.39 is 0 Å². The molecule has 53 heavy (non-hydrogen) atoms. The Bertz CT molecular complexity index is 2930. The molecule has 0 N–H and O–H groups in total. The van der Waals surface area contributed by atoms with Gasteiger partial charge in [-0.1, -0.05) is 176 Å². The molecule has 0 unspecified atom stereocenters. The molecule has 0 aliphatic carbocycles. The summed E-state index contributed by atoms with van der Waals surface area (Å²) in [6, 6.07) is 65.3. The van der Waals surface area contributed by atoms with Crippen LogP contribution in [0.2, 0.25) is 0 Å². The molecule has 8 aromatic carbocycles. The van der Waals surface area contributed by atoms with Gasteiger partial charge in [0.1, 0.15) is 11.2 Å². The van der Waals surface area contributed by atoms with Gasteiger partial charge in [0, 0.05) is 21.9 Å². The van der Waals surface area contributed by atoms with Crippen molar-refractivity contribution < 1.29 is 4.42 Å². The second-order valence-corrected chi connectivity index (χ2v) is 13.2. The van der Waals surface area contributed by atoms with Crippen LogP contribution < -0.4 is 0 Å². The summed E-state index contributed by atoms with van der Waals surface area (Å²) in [6.45, 7) is 0. The predicted octanol–water partition coefficient (Wildman–Crippen LogP) is 12.9. The van der Waals surface area contributed by atoms with Crippen LogP contribution in [0.3, 0.4) is 0 Å². The number of rotatable bonds is 6. The third kappa shape index (κ3) is 5.45. The second kappa shape index (κ2) is 12.9. The molecule has 0 amide bonds. The van der Waals surface area contributed by atoms with Crippen molar-refractivity contribution >= 4 is 32.7 Å². The van der Waals surface area contributed by atoms with Crippen molar-refractivity contribution in [3.63, 3.8) is 0 Å². The standard InChI is InChI=1S/C49H31N3O/c1-3-14-32(15-4-1)37-19-9-10-21-39(37)41-31-30-33-16-7-8-20-38(33)45(41)34-26-28-36(29-27-34)48-50-47(35-17-5-2-6-18-35)51-49(52-48)43-24-13-23-42-40-22-11-12-25-44(40)53-46(42)43/h1-31H. The van der Waals surface area contributed by atoms with E-state index in [4.69, 9.17) is 19.4 Å². The molecule has 0 radical (unpaired) electrons. The summed E-state index contributed by atoms with van der Waals surface area (Å²) < 4.78 is 6.41. The van der Waals surface area contributed by atoms with E-state index in [0.717, 1.165) is 44.2 Å². The van der Waals surface area contributed by atoms with Crippen LogP contribution in [0.25, 0.3) is 100 Å². The van der Waals surface area contributed by atoms with E-state index >= 15 is 0 Å². The van der Waals surface area contributed by atoms with Gasteiger partial charge in [0.05, 0.1) is 5.56 Å². The Morgan fingerprint density at radius 3 is 1.62 bits per heavy atom. The van der Waals surface area contributed by atoms with Crippen molar-refractivity contribution in [3.05, 3.63) is 188 Å². The van der Waals surface area contributed by atoms with E-state index in [0.29, 0.717) is 17.5 Å². The van der Waals surface area contributed by atoms with E-state index in [2.05, 4.69) is 127 Å². The van der Waals surface area contributed by atoms with Crippen LogP contribution in [0.15, 0.2) is 192 Å². The fraction of sp³-hybridized carbons (Fsp3) is 0. The van der Waals surface area contributed by atoms with E-state index in [-0.39, 0.29) is 0 Å². The monoisotopic (exact) mass is 677 g/mol. The molecular weight excluding hydrogens is 647 g/mol. The van der Waals surface area contributed by atoms with Crippen LogP contribution >= 0.6 is 0 Å². The zero-order chi connectivity index (χ0) is 35.1. The van der Waals surface area contributed by atoms with E-state index in [1.807, 2.05) is 60.7 Å². The summed E-state index contributed by atoms with van der Waals surface area (Å²) in [6.07, 6.45) is 0. The minimum atomic E-state index is 0.566. The number of hydrogen-bond donors (Lipinski definition) is 0. The van der Waals surface area contributed by atoms with Gasteiger partial charge in [0.15, 0.2) is 17.5 Å². The fourth-order valence-corrected chi connectivity index (χ4v) is 7.45. The molecule has 0 saturated heterocycles. The molecule has 2 aromatic heterocycles. The van der Waals surface area contributed by atoms with Crippen LogP contribution in [0.4, 0.5) is 0 Å². The first-order valence-corrected chi connectivity index (χ1v) is 17.8. The molecule has 2 heterocycles. The molecular formula is C49H31N3O. The Kier molecular flexibility index (Phi) is 7.43. The Labute approximate surface area is 306 Å². The highest BCUT2D eigenvalue weighted by Crippen LogP contribution is 2.42. The molecule has 0 bridgehead atoms. The van der Waals surface area contributed by atoms with Crippen LogP contribution in [0.1, 0.15) is 0 Å². The SMILES string of the molecule is c1ccc(-c2nc(-c3ccc(-c4c(-c5ccccc5-c5ccccc5)ccc5ccccc45)cc3)nc(-c3cccc4c3oc3ccccc34)n2)cc1. The van der Waals surface area contributed by atoms with Crippen LogP contribution in [-0.2, 0) is 0 Å². The summed E-state index contributed by atoms with van der Waals surface area (Å²) in [7, 11) is 0. The number of aromatic nitrogens is 3. The molecule has 4 nitrogen and oxygen atoms in total. The van der Waals surface area contributed by atoms with Crippen molar-refractivity contribution in [2.24, 2.45) is 0 Å². The third-order valence-electron chi connectivity index (χ3n) is 9.98. The molecule has 10 aromatic rings. The molecule has 0 saturated carbocycles. The van der Waals surface area contributed by atoms with Gasteiger partial charge < -0.3 is 4.42 Å². The number of nitrogens with zero attached hydrogens (tertiary/aromatic N) is 3. The van der Waals surface area contributed by atoms with Crippen LogP contribution in [0.5, 0.6) is 0 Å². The third-order valence-corrected chi connectivity index (χ3v) is 9.98. The summed E-state index contributed by atoms with van der Waals surface area (Å²) in [5.74, 6) is 1.77. The van der Waals surface area contributed by atoms with Gasteiger partial charge in [0.25, 0.3) is 0 Å². The second-order valence-electron chi connectivity index (χ2n) is 13.2. The van der Waals surface area contributed by atoms with Gasteiger partial charge in [-0.3, -0.25) is 0 Å². The summed E-state index contributed by atoms with van der Waals surface area (Å²) in [5.41, 5.74) is 11.3. The summed E-state index contributed by atoms with van der Waals surface area (Å²) >= 11 is 0. The van der Waals surface area contributed by atoms with E-state index in [1.165, 1.54) is 38.6 Å². The molecule has 0 fully saturated rings. The lowest BCUT2D eigenvalue weighted by molar-refractivity contribution is 0.669. The lowest BCUT2D eigenvalue weighted by Crippen LogP contribution is -2.00. The Morgan fingerprint density at radius 2 is 0.849 bits per heavy atom. The first-order chi connectivity index (χ1) is 26.3. The minimum absolute atomic E-state index is 0.566. The van der Waals surface area contributed by atoms with Gasteiger partial charge in [-0.25, -0.2) is 15.0 Å². The van der Waals surface area contributed by atoms with E-state index in [1.54, 1.807) is 0 Å². The average Bonchev–Trinajstić information content (AvgIpc) is 3.63. The number of benzene rings is 8. The first-order valence-electron chi connectivity index (χ1n) is 17.8. The number of fused-ring (bicyclic) bond motifs is 4. The summed E-state index contributed by atoms with van der Waals surface area (Å²) in [4.78, 5) is 15.1. The molecule has 248 valence electrons. The fourth-order valence-electron chi connectivity index (χ4n) is 7.45. The van der Waals surface area contributed by atoms with Crippen LogP contribution in [-0.4, -0.2) is 15.0 Å². The topological polar surface area (TPSA) is 51.8 Å². The predicted molar refractivity (Wildman–Crippen MR) is 217 cm³/mol. The molecule has 0 aliphatic heterocycles. The molecule has 0 aliphatic rings. The quantitative estimate of drug-likeness (QED) is 0.176. The number of furan rings is 1. The number of hydrogen-bond acceptors (Lipinski definition) is 4. The van der Waals surface area contributed by atoms with Crippen LogP contribution in [0, 0.1) is 0 Å². The number of para-hydroxylation sites is 2. The first kappa shape index (κ1) is 30.6. The van der Waals surface area contributed by atoms with Gasteiger partial charge in [-0.05, 0) is 56.3 Å². The van der Waals surface area contributed by atoms with Gasteiger partial charge >= 0.3 is 0 Å². The lowest BCUT2D eigenvalue weighted by atomic mass is 9.86. The Morgan fingerprint density at radius 1 is 0.302 bits per heavy atom. The largest absolute Gasteiger partial charge is 0.455 e. The van der Waals surface area contributed by atoms with Gasteiger partial charge in [-0.15, -0.1) is 0 Å². The van der Waals surface area contributed by atoms with Crippen molar-refractivity contribution in [2.75, 3.05) is 0 Å². The molecule has 0 atom stereocenters. The Balaban J connectivity index is 1.13. The Hall–Kier alpha value is -7.17. The summed E-state index contributed by atoms with van der Waals surface area (Å²) in [5, 5.41) is 4.50. The van der Waals surface area contributed by atoms with Crippen molar-refractivity contribution in [1.29, 1.82) is 0 Å². The highest BCUT2D eigenvalue weighted by atomic mass is 16.3. The molecule has 4 heteroatoms. The van der Waals surface area contributed by atoms with Crippen molar-refractivity contribution in [2.45, 2.75) is 0 Å². The maximum absolute atomic E-state index is 6.41. The maximum atomic E-state index is 6.41. The zero-order valence-corrected chi connectivity index (χ0v) is 28.6. The van der Waals surface area contributed by atoms with Crippen molar-refractivity contribution in [1.82, 2.24) is 15.0 Å². The lowest BCUT2D eigenvalue weighted by Gasteiger charge is -2.17. The average molecular weight is 678 g/mol.